The SMILES string of the molecule is Cc1ccc(S(=O)(=O)N2CC(C(F)(F)F)c3ccc(Cl)cc32)cc1. The number of halogens is 4. The van der Waals surface area contributed by atoms with Gasteiger partial charge in [0.2, 0.25) is 0 Å². The van der Waals surface area contributed by atoms with Crippen LogP contribution in [0.4, 0.5) is 18.9 Å². The molecule has 0 N–H and O–H groups in total. The van der Waals surface area contributed by atoms with Crippen LogP contribution in [0.3, 0.4) is 0 Å². The van der Waals surface area contributed by atoms with E-state index in [1.54, 1.807) is 19.1 Å². The highest BCUT2D eigenvalue weighted by Crippen LogP contribution is 2.47. The molecule has 1 aliphatic rings. The van der Waals surface area contributed by atoms with Gasteiger partial charge in [-0.25, -0.2) is 8.42 Å². The van der Waals surface area contributed by atoms with Crippen LogP contribution in [0.15, 0.2) is 47.4 Å². The van der Waals surface area contributed by atoms with E-state index >= 15 is 0 Å². The van der Waals surface area contributed by atoms with Gasteiger partial charge in [-0.15, -0.1) is 0 Å². The second-order valence-electron chi connectivity index (χ2n) is 5.65. The summed E-state index contributed by atoms with van der Waals surface area (Å²) in [6, 6.07) is 9.80. The van der Waals surface area contributed by atoms with Gasteiger partial charge in [0.25, 0.3) is 10.0 Å². The number of rotatable bonds is 2. The Balaban J connectivity index is 2.12. The van der Waals surface area contributed by atoms with E-state index in [0.717, 1.165) is 9.87 Å². The van der Waals surface area contributed by atoms with Crippen LogP contribution in [-0.2, 0) is 10.0 Å². The summed E-state index contributed by atoms with van der Waals surface area (Å²) < 4.78 is 66.3. The first-order chi connectivity index (χ1) is 11.1. The number of fused-ring (bicyclic) bond motifs is 1. The predicted molar refractivity (Wildman–Crippen MR) is 86.0 cm³/mol. The van der Waals surface area contributed by atoms with Crippen molar-refractivity contribution >= 4 is 27.3 Å². The van der Waals surface area contributed by atoms with Crippen molar-refractivity contribution in [3.63, 3.8) is 0 Å². The molecule has 0 amide bonds. The van der Waals surface area contributed by atoms with Crippen molar-refractivity contribution in [2.75, 3.05) is 10.8 Å². The summed E-state index contributed by atoms with van der Waals surface area (Å²) in [5.74, 6) is -1.87. The summed E-state index contributed by atoms with van der Waals surface area (Å²) in [7, 11) is -4.10. The second kappa shape index (κ2) is 5.67. The summed E-state index contributed by atoms with van der Waals surface area (Å²) in [6.45, 7) is 1.11. The molecule has 1 aliphatic heterocycles. The van der Waals surface area contributed by atoms with Gasteiger partial charge in [0.15, 0.2) is 0 Å². The second-order valence-corrected chi connectivity index (χ2v) is 7.95. The van der Waals surface area contributed by atoms with E-state index in [9.17, 15) is 21.6 Å². The number of nitrogens with zero attached hydrogens (tertiary/aromatic N) is 1. The number of hydrogen-bond donors (Lipinski definition) is 0. The van der Waals surface area contributed by atoms with Crippen molar-refractivity contribution < 1.29 is 21.6 Å². The number of benzene rings is 2. The first kappa shape index (κ1) is 17.1. The lowest BCUT2D eigenvalue weighted by Crippen LogP contribution is -2.33. The molecule has 24 heavy (non-hydrogen) atoms. The zero-order valence-corrected chi connectivity index (χ0v) is 14.1. The molecule has 0 spiro atoms. The van der Waals surface area contributed by atoms with E-state index in [0.29, 0.717) is 0 Å². The molecule has 1 atom stereocenters. The van der Waals surface area contributed by atoms with Crippen LogP contribution in [0, 0.1) is 6.92 Å². The highest BCUT2D eigenvalue weighted by molar-refractivity contribution is 7.92. The number of anilines is 1. The molecular formula is C16H13ClF3NO2S. The summed E-state index contributed by atoms with van der Waals surface area (Å²) >= 11 is 5.86. The van der Waals surface area contributed by atoms with Gasteiger partial charge in [-0.1, -0.05) is 35.4 Å². The van der Waals surface area contributed by atoms with Crippen molar-refractivity contribution in [1.82, 2.24) is 0 Å². The fraction of sp³-hybridized carbons (Fsp3) is 0.250. The zero-order valence-electron chi connectivity index (χ0n) is 12.5. The van der Waals surface area contributed by atoms with Crippen molar-refractivity contribution in [3.8, 4) is 0 Å². The maximum atomic E-state index is 13.3. The van der Waals surface area contributed by atoms with Gasteiger partial charge in [0.05, 0.1) is 17.1 Å². The highest BCUT2D eigenvalue weighted by Gasteiger charge is 2.49. The average Bonchev–Trinajstić information content (AvgIpc) is 2.87. The molecule has 3 rings (SSSR count). The first-order valence-electron chi connectivity index (χ1n) is 7.06. The quantitative estimate of drug-likeness (QED) is 0.774. The maximum Gasteiger partial charge on any atom is 0.397 e. The molecule has 128 valence electrons. The molecule has 0 aliphatic carbocycles. The molecule has 0 radical (unpaired) electrons. The van der Waals surface area contributed by atoms with Crippen LogP contribution < -0.4 is 4.31 Å². The summed E-state index contributed by atoms with van der Waals surface area (Å²) in [5.41, 5.74) is 0.750. The lowest BCUT2D eigenvalue weighted by Gasteiger charge is -2.21. The molecule has 0 saturated heterocycles. The van der Waals surface area contributed by atoms with E-state index in [1.807, 2.05) is 0 Å². The molecule has 2 aromatic rings. The number of sulfonamides is 1. The minimum absolute atomic E-state index is 0.0228. The van der Waals surface area contributed by atoms with E-state index < -0.39 is 28.7 Å². The summed E-state index contributed by atoms with van der Waals surface area (Å²) in [4.78, 5) is -0.0538. The lowest BCUT2D eigenvalue weighted by molar-refractivity contribution is -0.146. The number of alkyl halides is 3. The van der Waals surface area contributed by atoms with Gasteiger partial charge in [-0.3, -0.25) is 4.31 Å². The lowest BCUT2D eigenvalue weighted by atomic mass is 10.0. The van der Waals surface area contributed by atoms with E-state index in [-0.39, 0.29) is 21.2 Å². The van der Waals surface area contributed by atoms with Crippen LogP contribution >= 0.6 is 11.6 Å². The Labute approximate surface area is 142 Å². The van der Waals surface area contributed by atoms with Crippen molar-refractivity contribution in [1.29, 1.82) is 0 Å². The van der Waals surface area contributed by atoms with Crippen LogP contribution in [0.1, 0.15) is 17.0 Å². The van der Waals surface area contributed by atoms with E-state index in [2.05, 4.69) is 0 Å². The molecule has 0 saturated carbocycles. The smallest absolute Gasteiger partial charge is 0.265 e. The Bertz CT molecular complexity index is 879. The largest absolute Gasteiger partial charge is 0.397 e. The van der Waals surface area contributed by atoms with Gasteiger partial charge in [0, 0.05) is 5.02 Å². The maximum absolute atomic E-state index is 13.3. The Morgan fingerprint density at radius 3 is 2.33 bits per heavy atom. The highest BCUT2D eigenvalue weighted by atomic mass is 35.5. The third-order valence-electron chi connectivity index (χ3n) is 3.99. The fourth-order valence-electron chi connectivity index (χ4n) is 2.73. The van der Waals surface area contributed by atoms with Gasteiger partial charge < -0.3 is 0 Å². The topological polar surface area (TPSA) is 37.4 Å². The van der Waals surface area contributed by atoms with E-state index in [1.165, 1.54) is 30.3 Å². The molecule has 8 heteroatoms. The van der Waals surface area contributed by atoms with Crippen LogP contribution in [0.5, 0.6) is 0 Å². The molecule has 0 aromatic heterocycles. The minimum atomic E-state index is -4.54. The van der Waals surface area contributed by atoms with Gasteiger partial charge in [0.1, 0.15) is 5.92 Å². The van der Waals surface area contributed by atoms with Crippen molar-refractivity contribution in [2.45, 2.75) is 23.9 Å². The van der Waals surface area contributed by atoms with Crippen molar-refractivity contribution in [2.24, 2.45) is 0 Å². The molecular weight excluding hydrogens is 363 g/mol. The molecule has 1 unspecified atom stereocenters. The molecule has 0 bridgehead atoms. The van der Waals surface area contributed by atoms with Crippen LogP contribution in [0.2, 0.25) is 5.02 Å². The Morgan fingerprint density at radius 2 is 1.75 bits per heavy atom. The third-order valence-corrected chi connectivity index (χ3v) is 6.02. The minimum Gasteiger partial charge on any atom is -0.265 e. The molecule has 3 nitrogen and oxygen atoms in total. The normalized spacial score (nSPS) is 17.9. The van der Waals surface area contributed by atoms with Crippen LogP contribution in [0.25, 0.3) is 0 Å². The average molecular weight is 376 g/mol. The summed E-state index contributed by atoms with van der Waals surface area (Å²) in [6.07, 6.45) is -4.54. The Hall–Kier alpha value is -1.73. The first-order valence-corrected chi connectivity index (χ1v) is 8.88. The zero-order chi connectivity index (χ0) is 17.7. The Morgan fingerprint density at radius 1 is 1.12 bits per heavy atom. The number of aryl methyl sites for hydroxylation is 1. The standard InChI is InChI=1S/C16H13ClF3NO2S/c1-10-2-5-12(6-3-10)24(22,23)21-9-14(16(18,19)20)13-7-4-11(17)8-15(13)21/h2-8,14H,9H2,1H3. The summed E-state index contributed by atoms with van der Waals surface area (Å²) in [5, 5.41) is 0.181. The Kier molecular flexibility index (Phi) is 4.04. The third kappa shape index (κ3) is 2.86. The van der Waals surface area contributed by atoms with E-state index in [4.69, 9.17) is 11.6 Å². The fourth-order valence-corrected chi connectivity index (χ4v) is 4.40. The number of hydrogen-bond acceptors (Lipinski definition) is 2. The van der Waals surface area contributed by atoms with Gasteiger partial charge >= 0.3 is 6.18 Å². The van der Waals surface area contributed by atoms with Crippen molar-refractivity contribution in [3.05, 3.63) is 58.6 Å². The molecule has 2 aromatic carbocycles. The monoisotopic (exact) mass is 375 g/mol. The predicted octanol–water partition coefficient (Wildman–Crippen LogP) is 4.50. The molecule has 1 heterocycles. The van der Waals surface area contributed by atoms with Crippen LogP contribution in [-0.4, -0.2) is 21.1 Å². The van der Waals surface area contributed by atoms with Gasteiger partial charge in [-0.2, -0.15) is 13.2 Å². The molecule has 0 fully saturated rings. The van der Waals surface area contributed by atoms with Gasteiger partial charge in [-0.05, 0) is 36.8 Å².